The van der Waals surface area contributed by atoms with Gasteiger partial charge in [0.1, 0.15) is 5.82 Å². The molecule has 2 aromatic heterocycles. The summed E-state index contributed by atoms with van der Waals surface area (Å²) in [5, 5.41) is 10.1. The van der Waals surface area contributed by atoms with Crippen LogP contribution in [0.1, 0.15) is 0 Å². The minimum absolute atomic E-state index is 0.915. The maximum absolute atomic E-state index is 5.25. The van der Waals surface area contributed by atoms with Gasteiger partial charge in [-0.25, -0.2) is 4.98 Å². The number of rotatable bonds is 4. The Morgan fingerprint density at radius 1 is 0.286 bits per heavy atom. The predicted octanol–water partition coefficient (Wildman–Crippen LogP) is 12.6. The summed E-state index contributed by atoms with van der Waals surface area (Å²) in [6, 6.07) is 65.6. The van der Waals surface area contributed by atoms with Gasteiger partial charge < -0.3 is 0 Å². The van der Waals surface area contributed by atoms with E-state index in [9.17, 15) is 0 Å². The number of para-hydroxylation sites is 2. The molecule has 0 unspecified atom stereocenters. The fourth-order valence-electron chi connectivity index (χ4n) is 7.68. The summed E-state index contributed by atoms with van der Waals surface area (Å²) in [7, 11) is 0. The Morgan fingerprint density at radius 2 is 0.755 bits per heavy atom. The van der Waals surface area contributed by atoms with E-state index in [1.807, 2.05) is 0 Å². The number of aromatic nitrogens is 2. The van der Waals surface area contributed by atoms with Crippen LogP contribution in [0.25, 0.3) is 93.5 Å². The highest BCUT2D eigenvalue weighted by Gasteiger charge is 2.14. The highest BCUT2D eigenvalue weighted by molar-refractivity contribution is 6.26. The van der Waals surface area contributed by atoms with Crippen molar-refractivity contribution in [1.82, 2.24) is 9.55 Å². The van der Waals surface area contributed by atoms with Crippen LogP contribution in [0.15, 0.2) is 182 Å². The summed E-state index contributed by atoms with van der Waals surface area (Å²) in [5.74, 6) is 0.915. The molecule has 0 aliphatic carbocycles. The molecule has 49 heavy (non-hydrogen) atoms. The van der Waals surface area contributed by atoms with Crippen LogP contribution in [-0.4, -0.2) is 9.55 Å². The second kappa shape index (κ2) is 11.0. The third-order valence-electron chi connectivity index (χ3n) is 9.98. The summed E-state index contributed by atoms with van der Waals surface area (Å²) in [6.45, 7) is 0. The van der Waals surface area contributed by atoms with Crippen LogP contribution < -0.4 is 0 Å². The zero-order chi connectivity index (χ0) is 32.3. The largest absolute Gasteiger partial charge is 0.294 e. The van der Waals surface area contributed by atoms with Crippen molar-refractivity contribution in [3.63, 3.8) is 0 Å². The van der Waals surface area contributed by atoms with Crippen molar-refractivity contribution in [1.29, 1.82) is 0 Å². The van der Waals surface area contributed by atoms with E-state index in [0.717, 1.165) is 28.1 Å². The lowest BCUT2D eigenvalue weighted by Crippen LogP contribution is -1.98. The van der Waals surface area contributed by atoms with Crippen molar-refractivity contribution in [2.75, 3.05) is 0 Å². The van der Waals surface area contributed by atoms with Crippen LogP contribution in [-0.2, 0) is 0 Å². The second-order valence-electron chi connectivity index (χ2n) is 12.8. The van der Waals surface area contributed by atoms with Gasteiger partial charge in [0.2, 0.25) is 0 Å². The lowest BCUT2D eigenvalue weighted by molar-refractivity contribution is 1.08. The molecule has 0 saturated heterocycles. The first-order valence-corrected chi connectivity index (χ1v) is 16.8. The number of pyridine rings is 1. The van der Waals surface area contributed by atoms with E-state index in [2.05, 4.69) is 187 Å². The quantitative estimate of drug-likeness (QED) is 0.179. The highest BCUT2D eigenvalue weighted by Crippen LogP contribution is 2.39. The molecule has 0 radical (unpaired) electrons. The molecule has 0 N–H and O–H groups in total. The van der Waals surface area contributed by atoms with E-state index >= 15 is 0 Å². The Balaban J connectivity index is 1.12. The van der Waals surface area contributed by atoms with Crippen LogP contribution >= 0.6 is 0 Å². The first-order valence-electron chi connectivity index (χ1n) is 16.8. The molecule has 0 aliphatic rings. The lowest BCUT2D eigenvalue weighted by atomic mass is 9.90. The standard InChI is InChI=1S/C47H30N2/c1-2-12-31(13-3-1)33-24-26-38-36-16-4-5-17-37(36)39-27-25-34(30-43(39)42(38)29-33)32-14-10-15-35(28-32)44-20-11-23-47(48-44)49-45-21-8-6-18-40(45)41-19-7-9-22-46(41)49/h1-30H. The average molecular weight is 623 g/mol. The SMILES string of the molecule is c1ccc(-c2ccc3c4ccccc4c4ccc(-c5cccc(-c6cccc(-n7c8ccccc8c8ccccc87)n6)c5)cc4c3c2)cc1. The van der Waals surface area contributed by atoms with Gasteiger partial charge in [-0.1, -0.05) is 140 Å². The van der Waals surface area contributed by atoms with E-state index in [-0.39, 0.29) is 0 Å². The maximum Gasteiger partial charge on any atom is 0.138 e. The van der Waals surface area contributed by atoms with Crippen molar-refractivity contribution in [2.45, 2.75) is 0 Å². The summed E-state index contributed by atoms with van der Waals surface area (Å²) >= 11 is 0. The minimum atomic E-state index is 0.915. The molecular formula is C47H30N2. The summed E-state index contributed by atoms with van der Waals surface area (Å²) in [4.78, 5) is 5.25. The topological polar surface area (TPSA) is 17.8 Å². The van der Waals surface area contributed by atoms with Gasteiger partial charge in [-0.2, -0.15) is 0 Å². The number of nitrogens with zero attached hydrogens (tertiary/aromatic N) is 2. The van der Waals surface area contributed by atoms with Crippen molar-refractivity contribution in [2.24, 2.45) is 0 Å². The van der Waals surface area contributed by atoms with E-state index in [0.29, 0.717) is 0 Å². The molecule has 10 aromatic rings. The van der Waals surface area contributed by atoms with Gasteiger partial charge in [-0.15, -0.1) is 0 Å². The zero-order valence-corrected chi connectivity index (χ0v) is 26.7. The van der Waals surface area contributed by atoms with Gasteiger partial charge in [0.15, 0.2) is 0 Å². The van der Waals surface area contributed by atoms with E-state index in [1.54, 1.807) is 0 Å². The summed E-state index contributed by atoms with van der Waals surface area (Å²) in [6.07, 6.45) is 0. The lowest BCUT2D eigenvalue weighted by Gasteiger charge is -2.14. The van der Waals surface area contributed by atoms with Gasteiger partial charge in [0, 0.05) is 16.3 Å². The first kappa shape index (κ1) is 27.6. The smallest absolute Gasteiger partial charge is 0.138 e. The fourth-order valence-corrected chi connectivity index (χ4v) is 7.68. The molecule has 2 nitrogen and oxygen atoms in total. The third kappa shape index (κ3) is 4.46. The van der Waals surface area contributed by atoms with Crippen LogP contribution in [0, 0.1) is 0 Å². The molecule has 0 aliphatic heterocycles. The molecule has 0 amide bonds. The van der Waals surface area contributed by atoms with Gasteiger partial charge in [-0.05, 0) is 97.0 Å². The monoisotopic (exact) mass is 622 g/mol. The number of benzene rings is 8. The molecule has 0 spiro atoms. The van der Waals surface area contributed by atoms with Crippen LogP contribution in [0.3, 0.4) is 0 Å². The predicted molar refractivity (Wildman–Crippen MR) is 207 cm³/mol. The van der Waals surface area contributed by atoms with Crippen LogP contribution in [0.2, 0.25) is 0 Å². The Morgan fingerprint density at radius 3 is 1.41 bits per heavy atom. The molecular weight excluding hydrogens is 593 g/mol. The Labute approximate surface area is 284 Å². The summed E-state index contributed by atoms with van der Waals surface area (Å²) in [5.41, 5.74) is 9.18. The first-order chi connectivity index (χ1) is 24.3. The van der Waals surface area contributed by atoms with Crippen molar-refractivity contribution in [3.05, 3.63) is 182 Å². The van der Waals surface area contributed by atoms with E-state index in [1.165, 1.54) is 65.3 Å². The highest BCUT2D eigenvalue weighted by atomic mass is 15.1. The number of hydrogen-bond donors (Lipinski definition) is 0. The van der Waals surface area contributed by atoms with Crippen molar-refractivity contribution < 1.29 is 0 Å². The molecule has 228 valence electrons. The molecule has 8 aromatic carbocycles. The third-order valence-corrected chi connectivity index (χ3v) is 9.98. The van der Waals surface area contributed by atoms with Crippen LogP contribution in [0.4, 0.5) is 0 Å². The maximum atomic E-state index is 5.25. The average Bonchev–Trinajstić information content (AvgIpc) is 3.52. The molecule has 0 fully saturated rings. The van der Waals surface area contributed by atoms with Crippen molar-refractivity contribution in [3.8, 4) is 39.3 Å². The summed E-state index contributed by atoms with van der Waals surface area (Å²) < 4.78 is 2.28. The normalized spacial score (nSPS) is 11.7. The van der Waals surface area contributed by atoms with Gasteiger partial charge in [0.05, 0.1) is 16.7 Å². The van der Waals surface area contributed by atoms with Gasteiger partial charge in [0.25, 0.3) is 0 Å². The molecule has 0 saturated carbocycles. The van der Waals surface area contributed by atoms with Crippen LogP contribution in [0.5, 0.6) is 0 Å². The zero-order valence-electron chi connectivity index (χ0n) is 26.7. The van der Waals surface area contributed by atoms with Gasteiger partial charge >= 0.3 is 0 Å². The Bertz CT molecular complexity index is 2830. The number of fused-ring (bicyclic) bond motifs is 9. The van der Waals surface area contributed by atoms with E-state index in [4.69, 9.17) is 4.98 Å². The molecule has 2 heteroatoms. The Hall–Kier alpha value is -6.51. The molecule has 0 bridgehead atoms. The fraction of sp³-hybridized carbons (Fsp3) is 0. The molecule has 2 heterocycles. The second-order valence-corrected chi connectivity index (χ2v) is 12.8. The molecule has 10 rings (SSSR count). The van der Waals surface area contributed by atoms with Gasteiger partial charge in [-0.3, -0.25) is 4.57 Å². The minimum Gasteiger partial charge on any atom is -0.294 e. The van der Waals surface area contributed by atoms with Crippen molar-refractivity contribution >= 4 is 54.1 Å². The Kier molecular flexibility index (Phi) is 6.22. The number of hydrogen-bond acceptors (Lipinski definition) is 1. The van der Waals surface area contributed by atoms with E-state index < -0.39 is 0 Å². The molecule has 0 atom stereocenters.